The summed E-state index contributed by atoms with van der Waals surface area (Å²) in [6.07, 6.45) is 4.26. The highest BCUT2D eigenvalue weighted by atomic mass is 19.1. The van der Waals surface area contributed by atoms with E-state index in [9.17, 15) is 9.18 Å². The average Bonchev–Trinajstić information content (AvgIpc) is 3.30. The number of carbonyl (C=O) groups is 1. The molecule has 156 valence electrons. The maximum absolute atomic E-state index is 14.5. The van der Waals surface area contributed by atoms with Crippen LogP contribution in [0, 0.1) is 5.82 Å². The van der Waals surface area contributed by atoms with Crippen LogP contribution >= 0.6 is 0 Å². The molecular formula is C21H24FN7O. The Balaban J connectivity index is 1.40. The van der Waals surface area contributed by atoms with Crippen LogP contribution in [0.3, 0.4) is 0 Å². The molecule has 4 heterocycles. The van der Waals surface area contributed by atoms with Gasteiger partial charge in [-0.15, -0.1) is 0 Å². The molecule has 0 saturated carbocycles. The van der Waals surface area contributed by atoms with Crippen molar-refractivity contribution >= 4 is 34.1 Å². The molecule has 0 spiro atoms. The van der Waals surface area contributed by atoms with Gasteiger partial charge in [0.1, 0.15) is 11.6 Å². The number of carbonyl (C=O) groups excluding carboxylic acids is 1. The second-order valence-electron chi connectivity index (χ2n) is 7.96. The fourth-order valence-corrected chi connectivity index (χ4v) is 4.37. The number of piperazine rings is 1. The van der Waals surface area contributed by atoms with Crippen LogP contribution in [0.4, 0.5) is 26.4 Å². The van der Waals surface area contributed by atoms with E-state index >= 15 is 0 Å². The predicted molar refractivity (Wildman–Crippen MR) is 115 cm³/mol. The van der Waals surface area contributed by atoms with Crippen LogP contribution in [0.2, 0.25) is 0 Å². The minimum absolute atomic E-state index is 0.140. The van der Waals surface area contributed by atoms with Gasteiger partial charge in [-0.2, -0.15) is 5.10 Å². The molecule has 1 saturated heterocycles. The predicted octanol–water partition coefficient (Wildman–Crippen LogP) is 2.50. The molecule has 2 aromatic heterocycles. The van der Waals surface area contributed by atoms with Crippen LogP contribution in [-0.2, 0) is 13.5 Å². The highest BCUT2D eigenvalue weighted by molar-refractivity contribution is 6.04. The minimum atomic E-state index is -0.509. The van der Waals surface area contributed by atoms with Gasteiger partial charge in [-0.25, -0.2) is 14.2 Å². The summed E-state index contributed by atoms with van der Waals surface area (Å²) in [4.78, 5) is 21.4. The number of urea groups is 1. The SMILES string of the molecule is C[C@@H]1CN(c2ccnc3c2CCN3C(=O)Nc2cc3cn(C)nc3cc2F)CCN1. The Morgan fingerprint density at radius 3 is 3.03 bits per heavy atom. The molecule has 0 radical (unpaired) electrons. The summed E-state index contributed by atoms with van der Waals surface area (Å²) in [6.45, 7) is 5.45. The van der Waals surface area contributed by atoms with Gasteiger partial charge in [0.15, 0.2) is 0 Å². The fourth-order valence-electron chi connectivity index (χ4n) is 4.37. The van der Waals surface area contributed by atoms with Crippen molar-refractivity contribution in [1.29, 1.82) is 0 Å². The summed E-state index contributed by atoms with van der Waals surface area (Å²) in [7, 11) is 1.78. The summed E-state index contributed by atoms with van der Waals surface area (Å²) in [5, 5.41) is 11.1. The number of anilines is 3. The molecule has 0 aliphatic carbocycles. The zero-order chi connectivity index (χ0) is 20.8. The molecule has 5 rings (SSSR count). The van der Waals surface area contributed by atoms with E-state index in [1.165, 1.54) is 6.07 Å². The molecule has 2 N–H and O–H groups in total. The second-order valence-corrected chi connectivity index (χ2v) is 7.96. The van der Waals surface area contributed by atoms with E-state index < -0.39 is 5.82 Å². The number of fused-ring (bicyclic) bond motifs is 2. The zero-order valence-electron chi connectivity index (χ0n) is 17.0. The van der Waals surface area contributed by atoms with Gasteiger partial charge in [-0.05, 0) is 25.5 Å². The third-order valence-corrected chi connectivity index (χ3v) is 5.75. The number of nitrogens with one attached hydrogen (secondary N) is 2. The number of hydrogen-bond donors (Lipinski definition) is 2. The largest absolute Gasteiger partial charge is 0.368 e. The van der Waals surface area contributed by atoms with E-state index in [-0.39, 0.29) is 11.7 Å². The Morgan fingerprint density at radius 1 is 1.33 bits per heavy atom. The molecule has 0 unspecified atom stereocenters. The van der Waals surface area contributed by atoms with E-state index in [4.69, 9.17) is 0 Å². The van der Waals surface area contributed by atoms with Crippen molar-refractivity contribution in [3.8, 4) is 0 Å². The Morgan fingerprint density at radius 2 is 2.20 bits per heavy atom. The number of halogens is 1. The Hall–Kier alpha value is -3.20. The van der Waals surface area contributed by atoms with Crippen molar-refractivity contribution in [3.63, 3.8) is 0 Å². The summed E-state index contributed by atoms with van der Waals surface area (Å²) in [5.41, 5.74) is 2.90. The lowest BCUT2D eigenvalue weighted by molar-refractivity contribution is 0.257. The van der Waals surface area contributed by atoms with Crippen molar-refractivity contribution < 1.29 is 9.18 Å². The number of benzene rings is 1. The van der Waals surface area contributed by atoms with Crippen LogP contribution in [0.15, 0.2) is 30.6 Å². The average molecular weight is 409 g/mol. The fraction of sp³-hybridized carbons (Fsp3) is 0.381. The van der Waals surface area contributed by atoms with Crippen LogP contribution in [0.5, 0.6) is 0 Å². The topological polar surface area (TPSA) is 78.3 Å². The molecule has 2 aliphatic rings. The van der Waals surface area contributed by atoms with Crippen LogP contribution < -0.4 is 20.4 Å². The monoisotopic (exact) mass is 409 g/mol. The third kappa shape index (κ3) is 3.24. The van der Waals surface area contributed by atoms with Crippen molar-refractivity contribution in [2.75, 3.05) is 41.3 Å². The normalized spacial score (nSPS) is 18.7. The molecule has 9 heteroatoms. The van der Waals surface area contributed by atoms with E-state index in [1.807, 2.05) is 6.07 Å². The third-order valence-electron chi connectivity index (χ3n) is 5.75. The van der Waals surface area contributed by atoms with Crippen molar-refractivity contribution in [2.24, 2.45) is 7.05 Å². The number of aromatic nitrogens is 3. The number of aryl methyl sites for hydroxylation is 1. The van der Waals surface area contributed by atoms with Crippen molar-refractivity contribution in [2.45, 2.75) is 19.4 Å². The van der Waals surface area contributed by atoms with E-state index in [2.05, 4.69) is 32.5 Å². The quantitative estimate of drug-likeness (QED) is 0.680. The van der Waals surface area contributed by atoms with E-state index in [0.29, 0.717) is 23.9 Å². The van der Waals surface area contributed by atoms with Crippen molar-refractivity contribution in [1.82, 2.24) is 20.1 Å². The highest BCUT2D eigenvalue weighted by Crippen LogP contribution is 2.34. The summed E-state index contributed by atoms with van der Waals surface area (Å²) in [6, 6.07) is 5.00. The Bertz CT molecular complexity index is 1130. The van der Waals surface area contributed by atoms with Gasteiger partial charge >= 0.3 is 6.03 Å². The molecule has 1 fully saturated rings. The maximum atomic E-state index is 14.5. The zero-order valence-corrected chi connectivity index (χ0v) is 17.0. The molecule has 1 aromatic carbocycles. The highest BCUT2D eigenvalue weighted by Gasteiger charge is 2.30. The van der Waals surface area contributed by atoms with Gasteiger partial charge in [-0.1, -0.05) is 0 Å². The molecule has 0 bridgehead atoms. The number of rotatable bonds is 2. The maximum Gasteiger partial charge on any atom is 0.327 e. The molecule has 1 atom stereocenters. The first-order chi connectivity index (χ1) is 14.5. The Kier molecular flexibility index (Phi) is 4.54. The number of amides is 2. The molecule has 8 nitrogen and oxygen atoms in total. The first kappa shape index (κ1) is 18.8. The molecule has 3 aromatic rings. The molecular weight excluding hydrogens is 385 g/mol. The second kappa shape index (κ2) is 7.24. The minimum Gasteiger partial charge on any atom is -0.368 e. The van der Waals surface area contributed by atoms with Crippen LogP contribution in [0.25, 0.3) is 10.9 Å². The summed E-state index contributed by atoms with van der Waals surface area (Å²) < 4.78 is 16.1. The van der Waals surface area contributed by atoms with E-state index in [0.717, 1.165) is 42.7 Å². The summed E-state index contributed by atoms with van der Waals surface area (Å²) in [5.74, 6) is 0.143. The number of hydrogen-bond acceptors (Lipinski definition) is 5. The van der Waals surface area contributed by atoms with Crippen LogP contribution in [-0.4, -0.2) is 53.0 Å². The lowest BCUT2D eigenvalue weighted by Gasteiger charge is -2.34. The first-order valence-electron chi connectivity index (χ1n) is 10.2. The lowest BCUT2D eigenvalue weighted by atomic mass is 10.1. The lowest BCUT2D eigenvalue weighted by Crippen LogP contribution is -2.49. The number of pyridine rings is 1. The van der Waals surface area contributed by atoms with Gasteiger partial charge in [0, 0.05) is 74.4 Å². The van der Waals surface area contributed by atoms with E-state index in [1.54, 1.807) is 35.1 Å². The van der Waals surface area contributed by atoms with Gasteiger partial charge in [0.25, 0.3) is 0 Å². The van der Waals surface area contributed by atoms with Gasteiger partial charge < -0.3 is 15.5 Å². The summed E-state index contributed by atoms with van der Waals surface area (Å²) >= 11 is 0. The molecule has 2 amide bonds. The van der Waals surface area contributed by atoms with Crippen molar-refractivity contribution in [3.05, 3.63) is 42.0 Å². The number of nitrogens with zero attached hydrogens (tertiary/aromatic N) is 5. The Labute approximate surface area is 173 Å². The molecule has 30 heavy (non-hydrogen) atoms. The smallest absolute Gasteiger partial charge is 0.327 e. The van der Waals surface area contributed by atoms with Crippen LogP contribution in [0.1, 0.15) is 12.5 Å². The van der Waals surface area contributed by atoms with Gasteiger partial charge in [-0.3, -0.25) is 9.58 Å². The standard InChI is InChI=1S/C21H24FN7O/c1-13-11-28(8-6-23-13)19-3-5-24-20-15(19)4-7-29(20)21(30)25-18-9-14-12-27(2)26-17(14)10-16(18)22/h3,5,9-10,12-13,23H,4,6-8,11H2,1-2H3,(H,25,30)/t13-/m1/s1. The van der Waals surface area contributed by atoms with Gasteiger partial charge in [0.2, 0.25) is 0 Å². The first-order valence-corrected chi connectivity index (χ1v) is 10.2. The molecule has 2 aliphatic heterocycles. The van der Waals surface area contributed by atoms with Gasteiger partial charge in [0.05, 0.1) is 11.2 Å².